The average molecular weight is 291 g/mol. The molecule has 116 valence electrons. The molecule has 21 heavy (non-hydrogen) atoms. The van der Waals surface area contributed by atoms with Crippen LogP contribution in [-0.2, 0) is 14.3 Å². The van der Waals surface area contributed by atoms with Gasteiger partial charge in [-0.1, -0.05) is 63.4 Å². The fraction of sp³-hybridized carbons (Fsp3) is 0.529. The fourth-order valence-corrected chi connectivity index (χ4v) is 2.23. The predicted octanol–water partition coefficient (Wildman–Crippen LogP) is 3.23. The zero-order valence-electron chi connectivity index (χ0n) is 13.1. The molecule has 0 saturated carbocycles. The third-order valence-corrected chi connectivity index (χ3v) is 3.46. The molecule has 0 heterocycles. The van der Waals surface area contributed by atoms with E-state index in [1.807, 2.05) is 30.3 Å². The largest absolute Gasteiger partial charge is 0.467 e. The van der Waals surface area contributed by atoms with Crippen LogP contribution in [0.15, 0.2) is 30.3 Å². The Morgan fingerprint density at radius 1 is 1.24 bits per heavy atom. The van der Waals surface area contributed by atoms with Crippen LogP contribution in [0.25, 0.3) is 0 Å². The van der Waals surface area contributed by atoms with Crippen molar-refractivity contribution in [2.75, 3.05) is 7.11 Å². The van der Waals surface area contributed by atoms with Gasteiger partial charge in [-0.15, -0.1) is 0 Å². The van der Waals surface area contributed by atoms with Gasteiger partial charge < -0.3 is 10.1 Å². The molecule has 0 bridgehead atoms. The van der Waals surface area contributed by atoms with E-state index in [4.69, 9.17) is 4.74 Å². The minimum absolute atomic E-state index is 0.113. The Morgan fingerprint density at radius 3 is 2.48 bits per heavy atom. The smallest absolute Gasteiger partial charge is 0.333 e. The van der Waals surface area contributed by atoms with Crippen molar-refractivity contribution in [3.63, 3.8) is 0 Å². The first-order chi connectivity index (χ1) is 10.1. The van der Waals surface area contributed by atoms with Gasteiger partial charge in [0.25, 0.3) is 0 Å². The van der Waals surface area contributed by atoms with Crippen molar-refractivity contribution in [1.29, 1.82) is 0 Å². The Morgan fingerprint density at radius 2 is 1.90 bits per heavy atom. The zero-order chi connectivity index (χ0) is 15.7. The van der Waals surface area contributed by atoms with Gasteiger partial charge in [-0.2, -0.15) is 0 Å². The lowest BCUT2D eigenvalue weighted by molar-refractivity contribution is -0.145. The van der Waals surface area contributed by atoms with Crippen molar-refractivity contribution in [3.05, 3.63) is 35.9 Å². The van der Waals surface area contributed by atoms with Crippen LogP contribution in [0.1, 0.15) is 51.1 Å². The maximum absolute atomic E-state index is 12.1. The number of carbonyl (C=O) groups is 2. The molecular weight excluding hydrogens is 266 g/mol. The van der Waals surface area contributed by atoms with Crippen molar-refractivity contribution in [2.24, 2.45) is 5.92 Å². The van der Waals surface area contributed by atoms with E-state index in [9.17, 15) is 9.59 Å². The summed E-state index contributed by atoms with van der Waals surface area (Å²) in [6, 6.07) is 8.42. The van der Waals surface area contributed by atoms with Crippen LogP contribution in [0.4, 0.5) is 0 Å². The average Bonchev–Trinajstić information content (AvgIpc) is 2.50. The number of methoxy groups -OCH3 is 1. The first-order valence-electron chi connectivity index (χ1n) is 7.50. The van der Waals surface area contributed by atoms with Gasteiger partial charge in [0, 0.05) is 6.42 Å². The number of nitrogens with one attached hydrogen (secondary N) is 1. The lowest BCUT2D eigenvalue weighted by atomic mass is 9.99. The van der Waals surface area contributed by atoms with Gasteiger partial charge in [0.2, 0.25) is 5.91 Å². The van der Waals surface area contributed by atoms with E-state index in [-0.39, 0.29) is 5.91 Å². The monoisotopic (exact) mass is 291 g/mol. The Kier molecular flexibility index (Phi) is 7.51. The summed E-state index contributed by atoms with van der Waals surface area (Å²) in [5, 5.41) is 2.78. The number of benzene rings is 1. The standard InChI is InChI=1S/C17H25NO3/c1-4-5-9-13(2)12-15(19)18-16(17(20)21-3)14-10-7-6-8-11-14/h6-8,10-11,13,16H,4-5,9,12H2,1-3H3,(H,18,19)/t13-,16+/m1/s1. The molecule has 1 aromatic rings. The zero-order valence-corrected chi connectivity index (χ0v) is 13.1. The maximum atomic E-state index is 12.1. The van der Waals surface area contributed by atoms with Crippen molar-refractivity contribution < 1.29 is 14.3 Å². The fourth-order valence-electron chi connectivity index (χ4n) is 2.23. The Hall–Kier alpha value is -1.84. The highest BCUT2D eigenvalue weighted by atomic mass is 16.5. The molecule has 0 aliphatic carbocycles. The summed E-state index contributed by atoms with van der Waals surface area (Å²) in [7, 11) is 1.33. The number of hydrogen-bond donors (Lipinski definition) is 1. The first-order valence-corrected chi connectivity index (χ1v) is 7.50. The minimum Gasteiger partial charge on any atom is -0.467 e. The minimum atomic E-state index is -0.734. The number of unbranched alkanes of at least 4 members (excludes halogenated alkanes) is 1. The molecule has 0 spiro atoms. The molecule has 0 saturated heterocycles. The van der Waals surface area contributed by atoms with E-state index in [1.165, 1.54) is 7.11 Å². The van der Waals surface area contributed by atoms with Crippen LogP contribution in [0.5, 0.6) is 0 Å². The summed E-state index contributed by atoms with van der Waals surface area (Å²) in [4.78, 5) is 24.0. The summed E-state index contributed by atoms with van der Waals surface area (Å²) in [6.07, 6.45) is 3.70. The summed E-state index contributed by atoms with van der Waals surface area (Å²) in [5.41, 5.74) is 0.735. The number of hydrogen-bond acceptors (Lipinski definition) is 3. The van der Waals surface area contributed by atoms with E-state index < -0.39 is 12.0 Å². The number of amides is 1. The summed E-state index contributed by atoms with van der Waals surface area (Å²) >= 11 is 0. The van der Waals surface area contributed by atoms with E-state index >= 15 is 0 Å². The molecule has 2 atom stereocenters. The predicted molar refractivity (Wildman–Crippen MR) is 82.6 cm³/mol. The second kappa shape index (κ2) is 9.16. The highest BCUT2D eigenvalue weighted by Crippen LogP contribution is 2.16. The van der Waals surface area contributed by atoms with E-state index in [0.29, 0.717) is 12.3 Å². The molecule has 1 N–H and O–H groups in total. The number of rotatable bonds is 8. The SMILES string of the molecule is CCCC[C@@H](C)CC(=O)N[C@H](C(=O)OC)c1ccccc1. The van der Waals surface area contributed by atoms with Crippen molar-refractivity contribution in [1.82, 2.24) is 5.32 Å². The van der Waals surface area contributed by atoms with Crippen LogP contribution in [-0.4, -0.2) is 19.0 Å². The number of ether oxygens (including phenoxy) is 1. The van der Waals surface area contributed by atoms with Crippen molar-refractivity contribution in [2.45, 2.75) is 45.6 Å². The molecule has 1 aromatic carbocycles. The molecule has 0 aliphatic heterocycles. The molecule has 0 aliphatic rings. The quantitative estimate of drug-likeness (QED) is 0.748. The summed E-state index contributed by atoms with van der Waals surface area (Å²) < 4.78 is 4.78. The molecule has 1 amide bonds. The molecule has 4 heteroatoms. The second-order valence-electron chi connectivity index (χ2n) is 5.39. The van der Waals surface area contributed by atoms with Crippen LogP contribution < -0.4 is 5.32 Å². The van der Waals surface area contributed by atoms with E-state index in [0.717, 1.165) is 24.8 Å². The van der Waals surface area contributed by atoms with Gasteiger partial charge in [0.1, 0.15) is 0 Å². The van der Waals surface area contributed by atoms with Gasteiger partial charge in [0.15, 0.2) is 6.04 Å². The van der Waals surface area contributed by atoms with Gasteiger partial charge in [-0.25, -0.2) is 4.79 Å². The van der Waals surface area contributed by atoms with Gasteiger partial charge in [-0.3, -0.25) is 4.79 Å². The van der Waals surface area contributed by atoms with Gasteiger partial charge in [0.05, 0.1) is 7.11 Å². The number of carbonyl (C=O) groups excluding carboxylic acids is 2. The maximum Gasteiger partial charge on any atom is 0.333 e. The Labute approximate surface area is 126 Å². The summed E-state index contributed by atoms with van der Waals surface area (Å²) in [6.45, 7) is 4.19. The molecular formula is C17H25NO3. The second-order valence-corrected chi connectivity index (χ2v) is 5.39. The molecule has 0 aromatic heterocycles. The molecule has 0 radical (unpaired) electrons. The summed E-state index contributed by atoms with van der Waals surface area (Å²) in [5.74, 6) is -0.243. The molecule has 1 rings (SSSR count). The van der Waals surface area contributed by atoms with Crippen molar-refractivity contribution in [3.8, 4) is 0 Å². The van der Waals surface area contributed by atoms with Crippen LogP contribution in [0.2, 0.25) is 0 Å². The molecule has 0 unspecified atom stereocenters. The van der Waals surface area contributed by atoms with Crippen LogP contribution in [0.3, 0.4) is 0 Å². The van der Waals surface area contributed by atoms with E-state index in [1.54, 1.807) is 0 Å². The Balaban J connectivity index is 2.65. The van der Waals surface area contributed by atoms with Crippen molar-refractivity contribution >= 4 is 11.9 Å². The highest BCUT2D eigenvalue weighted by molar-refractivity contribution is 5.85. The third kappa shape index (κ3) is 5.98. The third-order valence-electron chi connectivity index (χ3n) is 3.46. The van der Waals surface area contributed by atoms with Crippen LogP contribution in [0, 0.1) is 5.92 Å². The highest BCUT2D eigenvalue weighted by Gasteiger charge is 2.23. The van der Waals surface area contributed by atoms with Gasteiger partial charge in [-0.05, 0) is 11.5 Å². The lowest BCUT2D eigenvalue weighted by Gasteiger charge is -2.18. The normalized spacial score (nSPS) is 13.3. The molecule has 4 nitrogen and oxygen atoms in total. The first kappa shape index (κ1) is 17.2. The lowest BCUT2D eigenvalue weighted by Crippen LogP contribution is -2.35. The topological polar surface area (TPSA) is 55.4 Å². The number of esters is 1. The Bertz CT molecular complexity index is 445. The van der Waals surface area contributed by atoms with E-state index in [2.05, 4.69) is 19.2 Å². The van der Waals surface area contributed by atoms with Crippen LogP contribution >= 0.6 is 0 Å². The van der Waals surface area contributed by atoms with Gasteiger partial charge >= 0.3 is 5.97 Å². The molecule has 0 fully saturated rings.